The Labute approximate surface area is 63.2 Å². The van der Waals surface area contributed by atoms with Gasteiger partial charge in [0.05, 0.1) is 11.4 Å². The zero-order valence-corrected chi connectivity index (χ0v) is 6.09. The molecule has 1 aliphatic rings. The predicted molar refractivity (Wildman–Crippen MR) is 40.0 cm³/mol. The van der Waals surface area contributed by atoms with Crippen LogP contribution in [0.2, 0.25) is 0 Å². The molecule has 0 radical (unpaired) electrons. The SMILES string of the molecule is Cc1nn2c(c1N)NC(=O)C2. The molecule has 1 aliphatic heterocycles. The summed E-state index contributed by atoms with van der Waals surface area (Å²) >= 11 is 0. The number of anilines is 2. The van der Waals surface area contributed by atoms with Gasteiger partial charge in [-0.2, -0.15) is 5.10 Å². The summed E-state index contributed by atoms with van der Waals surface area (Å²) in [7, 11) is 0. The first kappa shape index (κ1) is 6.21. The van der Waals surface area contributed by atoms with Crippen LogP contribution in [0.4, 0.5) is 11.5 Å². The van der Waals surface area contributed by atoms with Gasteiger partial charge in [-0.1, -0.05) is 0 Å². The molecule has 1 aromatic rings. The zero-order valence-electron chi connectivity index (χ0n) is 6.09. The third kappa shape index (κ3) is 0.705. The number of carbonyl (C=O) groups is 1. The number of amides is 1. The maximum absolute atomic E-state index is 10.8. The van der Waals surface area contributed by atoms with E-state index in [4.69, 9.17) is 5.73 Å². The van der Waals surface area contributed by atoms with Crippen molar-refractivity contribution in [2.24, 2.45) is 0 Å². The molecule has 0 bridgehead atoms. The van der Waals surface area contributed by atoms with Crippen molar-refractivity contribution >= 4 is 17.4 Å². The average Bonchev–Trinajstić information content (AvgIpc) is 2.37. The summed E-state index contributed by atoms with van der Waals surface area (Å²) in [6, 6.07) is 0. The number of nitrogen functional groups attached to an aromatic ring is 1. The minimum atomic E-state index is -0.0563. The van der Waals surface area contributed by atoms with E-state index in [1.807, 2.05) is 6.92 Å². The second-order valence-corrected chi connectivity index (χ2v) is 2.55. The highest BCUT2D eigenvalue weighted by molar-refractivity contribution is 5.96. The molecule has 2 rings (SSSR count). The van der Waals surface area contributed by atoms with E-state index in [1.165, 1.54) is 0 Å². The number of rotatable bonds is 0. The van der Waals surface area contributed by atoms with Crippen molar-refractivity contribution in [3.8, 4) is 0 Å². The van der Waals surface area contributed by atoms with Gasteiger partial charge in [-0.25, -0.2) is 4.68 Å². The van der Waals surface area contributed by atoms with Gasteiger partial charge in [0.25, 0.3) is 0 Å². The van der Waals surface area contributed by atoms with Crippen molar-refractivity contribution < 1.29 is 4.79 Å². The molecule has 0 atom stereocenters. The molecule has 0 saturated heterocycles. The Morgan fingerprint density at radius 2 is 2.45 bits per heavy atom. The van der Waals surface area contributed by atoms with Crippen LogP contribution in [0.5, 0.6) is 0 Å². The van der Waals surface area contributed by atoms with Crippen molar-refractivity contribution in [3.05, 3.63) is 5.69 Å². The second-order valence-electron chi connectivity index (χ2n) is 2.55. The minimum Gasteiger partial charge on any atom is -0.394 e. The first-order valence-corrected chi connectivity index (χ1v) is 3.31. The largest absolute Gasteiger partial charge is 0.394 e. The number of nitrogens with two attached hydrogens (primary N) is 1. The Kier molecular flexibility index (Phi) is 0.986. The lowest BCUT2D eigenvalue weighted by atomic mass is 10.4. The summed E-state index contributed by atoms with van der Waals surface area (Å²) < 4.78 is 1.58. The molecule has 58 valence electrons. The molecule has 2 heterocycles. The summed E-state index contributed by atoms with van der Waals surface area (Å²) in [5.41, 5.74) is 6.95. The van der Waals surface area contributed by atoms with Gasteiger partial charge in [-0.05, 0) is 6.92 Å². The molecule has 0 fully saturated rings. The van der Waals surface area contributed by atoms with E-state index >= 15 is 0 Å². The summed E-state index contributed by atoms with van der Waals surface area (Å²) in [5.74, 6) is 0.576. The molecular weight excluding hydrogens is 144 g/mol. The minimum absolute atomic E-state index is 0.0563. The molecule has 1 aromatic heterocycles. The standard InChI is InChI=1S/C6H8N4O/c1-3-5(7)6-8-4(11)2-10(6)9-3/h2,7H2,1H3,(H,8,11). The van der Waals surface area contributed by atoms with Crippen molar-refractivity contribution in [1.82, 2.24) is 9.78 Å². The molecule has 1 amide bonds. The van der Waals surface area contributed by atoms with Crippen LogP contribution in [0.1, 0.15) is 5.69 Å². The number of fused-ring (bicyclic) bond motifs is 1. The second kappa shape index (κ2) is 1.75. The van der Waals surface area contributed by atoms with E-state index in [0.29, 0.717) is 11.5 Å². The van der Waals surface area contributed by atoms with Crippen molar-refractivity contribution in [2.45, 2.75) is 13.5 Å². The first-order valence-electron chi connectivity index (χ1n) is 3.31. The number of aryl methyl sites for hydroxylation is 1. The summed E-state index contributed by atoms with van der Waals surface area (Å²) in [6.07, 6.45) is 0. The smallest absolute Gasteiger partial charge is 0.247 e. The summed E-state index contributed by atoms with van der Waals surface area (Å²) in [5, 5.41) is 6.67. The number of aromatic nitrogens is 2. The van der Waals surface area contributed by atoms with Crippen LogP contribution in [0.25, 0.3) is 0 Å². The molecule has 0 saturated carbocycles. The highest BCUT2D eigenvalue weighted by Gasteiger charge is 2.22. The van der Waals surface area contributed by atoms with E-state index in [1.54, 1.807) is 4.68 Å². The topological polar surface area (TPSA) is 72.9 Å². The van der Waals surface area contributed by atoms with Crippen LogP contribution in [-0.2, 0) is 11.3 Å². The van der Waals surface area contributed by atoms with Gasteiger partial charge in [-0.3, -0.25) is 4.79 Å². The van der Waals surface area contributed by atoms with Crippen LogP contribution in [-0.4, -0.2) is 15.7 Å². The highest BCUT2D eigenvalue weighted by atomic mass is 16.2. The van der Waals surface area contributed by atoms with Gasteiger partial charge in [-0.15, -0.1) is 0 Å². The quantitative estimate of drug-likeness (QED) is 0.537. The number of hydrogen-bond donors (Lipinski definition) is 2. The third-order valence-corrected chi connectivity index (χ3v) is 1.72. The number of nitrogens with one attached hydrogen (secondary N) is 1. The first-order chi connectivity index (χ1) is 5.18. The molecule has 11 heavy (non-hydrogen) atoms. The van der Waals surface area contributed by atoms with Crippen LogP contribution in [0.15, 0.2) is 0 Å². The Morgan fingerprint density at radius 1 is 1.73 bits per heavy atom. The lowest BCUT2D eigenvalue weighted by Gasteiger charge is -1.91. The monoisotopic (exact) mass is 152 g/mol. The molecule has 5 nitrogen and oxygen atoms in total. The van der Waals surface area contributed by atoms with Crippen LogP contribution in [0.3, 0.4) is 0 Å². The Balaban J connectivity index is 2.56. The molecule has 3 N–H and O–H groups in total. The number of nitrogens with zero attached hydrogens (tertiary/aromatic N) is 2. The third-order valence-electron chi connectivity index (χ3n) is 1.72. The van der Waals surface area contributed by atoms with E-state index in [9.17, 15) is 4.79 Å². The van der Waals surface area contributed by atoms with Gasteiger partial charge in [0.1, 0.15) is 6.54 Å². The van der Waals surface area contributed by atoms with Gasteiger partial charge >= 0.3 is 0 Å². The van der Waals surface area contributed by atoms with Gasteiger partial charge < -0.3 is 11.1 Å². The molecule has 0 aromatic carbocycles. The molecule has 5 heteroatoms. The van der Waals surface area contributed by atoms with Gasteiger partial charge in [0.2, 0.25) is 5.91 Å². The Hall–Kier alpha value is -1.52. The van der Waals surface area contributed by atoms with Gasteiger partial charge in [0, 0.05) is 0 Å². The molecular formula is C6H8N4O. The number of carbonyl (C=O) groups excluding carboxylic acids is 1. The zero-order chi connectivity index (χ0) is 8.01. The van der Waals surface area contributed by atoms with Crippen LogP contribution < -0.4 is 11.1 Å². The fourth-order valence-corrected chi connectivity index (χ4v) is 1.15. The fourth-order valence-electron chi connectivity index (χ4n) is 1.15. The van der Waals surface area contributed by atoms with Crippen molar-refractivity contribution in [2.75, 3.05) is 11.1 Å². The van der Waals surface area contributed by atoms with Gasteiger partial charge in [0.15, 0.2) is 5.82 Å². The highest BCUT2D eigenvalue weighted by Crippen LogP contribution is 2.25. The van der Waals surface area contributed by atoms with E-state index in [2.05, 4.69) is 10.4 Å². The van der Waals surface area contributed by atoms with Crippen LogP contribution >= 0.6 is 0 Å². The van der Waals surface area contributed by atoms with E-state index in [-0.39, 0.29) is 12.5 Å². The summed E-state index contributed by atoms with van der Waals surface area (Å²) in [4.78, 5) is 10.8. The lowest BCUT2D eigenvalue weighted by molar-refractivity contribution is -0.115. The Bertz CT molecular complexity index is 328. The average molecular weight is 152 g/mol. The molecule has 0 unspecified atom stereocenters. The van der Waals surface area contributed by atoms with E-state index in [0.717, 1.165) is 5.69 Å². The number of hydrogen-bond acceptors (Lipinski definition) is 3. The Morgan fingerprint density at radius 3 is 3.09 bits per heavy atom. The predicted octanol–water partition coefficient (Wildman–Crippen LogP) is -0.274. The molecule has 0 aliphatic carbocycles. The lowest BCUT2D eigenvalue weighted by Crippen LogP contribution is -2.07. The fraction of sp³-hybridized carbons (Fsp3) is 0.333. The van der Waals surface area contributed by atoms with Crippen molar-refractivity contribution in [1.29, 1.82) is 0 Å². The normalized spacial score (nSPS) is 14.8. The summed E-state index contributed by atoms with van der Waals surface area (Å²) in [6.45, 7) is 2.10. The maximum Gasteiger partial charge on any atom is 0.247 e. The molecule has 0 spiro atoms. The van der Waals surface area contributed by atoms with Crippen LogP contribution in [0, 0.1) is 6.92 Å². The van der Waals surface area contributed by atoms with Crippen molar-refractivity contribution in [3.63, 3.8) is 0 Å². The maximum atomic E-state index is 10.8. The van der Waals surface area contributed by atoms with E-state index < -0.39 is 0 Å².